The second-order valence-electron chi connectivity index (χ2n) is 4.81. The smallest absolute Gasteiger partial charge is 0.139 e. The van der Waals surface area contributed by atoms with Crippen LogP contribution in [0.3, 0.4) is 0 Å². The summed E-state index contributed by atoms with van der Waals surface area (Å²) in [5.41, 5.74) is 7.09. The second-order valence-corrected chi connectivity index (χ2v) is 5.66. The van der Waals surface area contributed by atoms with Crippen molar-refractivity contribution >= 4 is 11.8 Å². The Morgan fingerprint density at radius 2 is 1.81 bits per heavy atom. The highest BCUT2D eigenvalue weighted by Crippen LogP contribution is 2.32. The van der Waals surface area contributed by atoms with E-state index in [1.165, 1.54) is 12.1 Å². The predicted molar refractivity (Wildman–Crippen MR) is 86.3 cm³/mol. The Kier molecular flexibility index (Phi) is 5.65. The van der Waals surface area contributed by atoms with Crippen LogP contribution in [0.4, 0.5) is 4.39 Å². The lowest BCUT2D eigenvalue weighted by atomic mass is 10.0. The molecule has 2 nitrogen and oxygen atoms in total. The first kappa shape index (κ1) is 15.9. The maximum absolute atomic E-state index is 13.1. The van der Waals surface area contributed by atoms with Crippen molar-refractivity contribution in [3.8, 4) is 5.75 Å². The standard InChI is InChI=1S/C17H20FNOS/c1-3-14(19)17(12-8-10-13(18)11-9-12)20-15-6-4-5-7-16(15)21-2/h4-11,14,17H,3,19H2,1-2H3. The first-order valence-electron chi connectivity index (χ1n) is 6.96. The third-order valence-corrected chi connectivity index (χ3v) is 4.16. The molecule has 2 aromatic carbocycles. The van der Waals surface area contributed by atoms with Crippen LogP contribution in [0.15, 0.2) is 53.4 Å². The molecule has 0 aliphatic rings. The first-order valence-corrected chi connectivity index (χ1v) is 8.19. The Bertz CT molecular complexity index is 573. The van der Waals surface area contributed by atoms with E-state index in [1.54, 1.807) is 23.9 Å². The number of rotatable bonds is 6. The van der Waals surface area contributed by atoms with Gasteiger partial charge in [-0.15, -0.1) is 11.8 Å². The van der Waals surface area contributed by atoms with Crippen molar-refractivity contribution in [1.82, 2.24) is 0 Å². The van der Waals surface area contributed by atoms with E-state index in [4.69, 9.17) is 10.5 Å². The summed E-state index contributed by atoms with van der Waals surface area (Å²) in [6.45, 7) is 2.02. The van der Waals surface area contributed by atoms with Crippen molar-refractivity contribution in [2.45, 2.75) is 30.4 Å². The SMILES string of the molecule is CCC(N)C(Oc1ccccc1SC)c1ccc(F)cc1. The number of hydrogen-bond acceptors (Lipinski definition) is 3. The summed E-state index contributed by atoms with van der Waals surface area (Å²) in [4.78, 5) is 1.06. The molecule has 0 radical (unpaired) electrons. The number of ether oxygens (including phenoxy) is 1. The fourth-order valence-corrected chi connectivity index (χ4v) is 2.65. The normalized spacial score (nSPS) is 13.7. The van der Waals surface area contributed by atoms with Gasteiger partial charge in [-0.25, -0.2) is 4.39 Å². The number of hydrogen-bond donors (Lipinski definition) is 1. The van der Waals surface area contributed by atoms with Crippen LogP contribution in [-0.4, -0.2) is 12.3 Å². The fourth-order valence-electron chi connectivity index (χ4n) is 2.12. The van der Waals surface area contributed by atoms with Crippen molar-refractivity contribution in [3.05, 3.63) is 59.9 Å². The summed E-state index contributed by atoms with van der Waals surface area (Å²) in [5.74, 6) is 0.551. The Morgan fingerprint density at radius 1 is 1.14 bits per heavy atom. The van der Waals surface area contributed by atoms with Crippen LogP contribution in [0.2, 0.25) is 0 Å². The molecule has 0 fully saturated rings. The van der Waals surface area contributed by atoms with E-state index < -0.39 is 0 Å². The third-order valence-electron chi connectivity index (χ3n) is 3.38. The zero-order chi connectivity index (χ0) is 15.2. The molecule has 2 rings (SSSR count). The maximum atomic E-state index is 13.1. The van der Waals surface area contributed by atoms with Gasteiger partial charge in [-0.1, -0.05) is 31.2 Å². The van der Waals surface area contributed by atoms with Crippen molar-refractivity contribution in [2.24, 2.45) is 5.73 Å². The molecule has 0 aliphatic carbocycles. The van der Waals surface area contributed by atoms with E-state index in [1.807, 2.05) is 37.4 Å². The van der Waals surface area contributed by atoms with E-state index in [-0.39, 0.29) is 18.0 Å². The monoisotopic (exact) mass is 305 g/mol. The zero-order valence-electron chi connectivity index (χ0n) is 12.3. The molecule has 2 N–H and O–H groups in total. The fraction of sp³-hybridized carbons (Fsp3) is 0.294. The van der Waals surface area contributed by atoms with E-state index >= 15 is 0 Å². The van der Waals surface area contributed by atoms with Gasteiger partial charge in [0.05, 0.1) is 0 Å². The van der Waals surface area contributed by atoms with Gasteiger partial charge >= 0.3 is 0 Å². The Morgan fingerprint density at radius 3 is 2.43 bits per heavy atom. The van der Waals surface area contributed by atoms with Crippen LogP contribution in [0, 0.1) is 5.82 Å². The molecule has 0 heterocycles. The molecule has 0 saturated carbocycles. The van der Waals surface area contributed by atoms with Crippen LogP contribution in [0.25, 0.3) is 0 Å². The summed E-state index contributed by atoms with van der Waals surface area (Å²) in [7, 11) is 0. The van der Waals surface area contributed by atoms with Gasteiger partial charge in [-0.2, -0.15) is 0 Å². The number of para-hydroxylation sites is 1. The molecule has 112 valence electrons. The van der Waals surface area contributed by atoms with Crippen molar-refractivity contribution in [2.75, 3.05) is 6.26 Å². The molecule has 21 heavy (non-hydrogen) atoms. The van der Waals surface area contributed by atoms with Crippen LogP contribution in [0.5, 0.6) is 5.75 Å². The topological polar surface area (TPSA) is 35.2 Å². The second kappa shape index (κ2) is 7.48. The molecule has 0 spiro atoms. The molecular formula is C17H20FNOS. The van der Waals surface area contributed by atoms with Crippen LogP contribution in [-0.2, 0) is 0 Å². The molecule has 0 amide bonds. The average Bonchev–Trinajstić information content (AvgIpc) is 2.53. The lowest BCUT2D eigenvalue weighted by molar-refractivity contribution is 0.166. The molecule has 0 aliphatic heterocycles. The van der Waals surface area contributed by atoms with Gasteiger partial charge in [0.1, 0.15) is 17.7 Å². The summed E-state index contributed by atoms with van der Waals surface area (Å²) < 4.78 is 19.3. The van der Waals surface area contributed by atoms with Gasteiger partial charge in [0.25, 0.3) is 0 Å². The van der Waals surface area contributed by atoms with Gasteiger partial charge in [0, 0.05) is 10.9 Å². The quantitative estimate of drug-likeness (QED) is 0.803. The van der Waals surface area contributed by atoms with E-state index in [2.05, 4.69) is 0 Å². The van der Waals surface area contributed by atoms with E-state index in [0.717, 1.165) is 22.6 Å². The predicted octanol–water partition coefficient (Wildman–Crippen LogP) is 4.41. The minimum absolute atomic E-state index is 0.148. The highest BCUT2D eigenvalue weighted by molar-refractivity contribution is 7.98. The molecule has 0 aromatic heterocycles. The van der Waals surface area contributed by atoms with Crippen LogP contribution >= 0.6 is 11.8 Å². The largest absolute Gasteiger partial charge is 0.483 e. The molecule has 0 bridgehead atoms. The molecular weight excluding hydrogens is 285 g/mol. The van der Waals surface area contributed by atoms with Gasteiger partial charge in [0.2, 0.25) is 0 Å². The maximum Gasteiger partial charge on any atom is 0.139 e. The molecule has 2 atom stereocenters. The lowest BCUT2D eigenvalue weighted by Gasteiger charge is -2.25. The number of halogens is 1. The average molecular weight is 305 g/mol. The Labute approximate surface area is 129 Å². The molecule has 4 heteroatoms. The summed E-state index contributed by atoms with van der Waals surface area (Å²) in [6.07, 6.45) is 2.50. The molecule has 2 unspecified atom stereocenters. The Hall–Kier alpha value is -1.52. The van der Waals surface area contributed by atoms with E-state index in [9.17, 15) is 4.39 Å². The first-order chi connectivity index (χ1) is 10.2. The number of benzene rings is 2. The minimum atomic E-state index is -0.288. The third kappa shape index (κ3) is 3.99. The zero-order valence-corrected chi connectivity index (χ0v) is 13.1. The number of nitrogens with two attached hydrogens (primary N) is 1. The lowest BCUT2D eigenvalue weighted by Crippen LogP contribution is -2.31. The van der Waals surface area contributed by atoms with Crippen molar-refractivity contribution < 1.29 is 9.13 Å². The molecule has 0 saturated heterocycles. The van der Waals surface area contributed by atoms with Crippen LogP contribution < -0.4 is 10.5 Å². The van der Waals surface area contributed by atoms with Gasteiger partial charge in [-0.3, -0.25) is 0 Å². The summed E-state index contributed by atoms with van der Waals surface area (Å²) in [5, 5.41) is 0. The highest BCUT2D eigenvalue weighted by atomic mass is 32.2. The minimum Gasteiger partial charge on any atom is -0.483 e. The van der Waals surface area contributed by atoms with Crippen molar-refractivity contribution in [3.63, 3.8) is 0 Å². The van der Waals surface area contributed by atoms with Crippen LogP contribution in [0.1, 0.15) is 25.0 Å². The summed E-state index contributed by atoms with van der Waals surface area (Å²) in [6, 6.07) is 14.1. The highest BCUT2D eigenvalue weighted by Gasteiger charge is 2.21. The summed E-state index contributed by atoms with van der Waals surface area (Å²) >= 11 is 1.63. The Balaban J connectivity index is 2.30. The molecule has 2 aromatic rings. The van der Waals surface area contributed by atoms with Gasteiger partial charge in [-0.05, 0) is 42.5 Å². The van der Waals surface area contributed by atoms with Gasteiger partial charge in [0.15, 0.2) is 0 Å². The number of thioether (sulfide) groups is 1. The van der Waals surface area contributed by atoms with E-state index in [0.29, 0.717) is 0 Å². The van der Waals surface area contributed by atoms with Crippen molar-refractivity contribution in [1.29, 1.82) is 0 Å². The van der Waals surface area contributed by atoms with Gasteiger partial charge < -0.3 is 10.5 Å².